The Morgan fingerprint density at radius 2 is 2.10 bits per heavy atom. The van der Waals surface area contributed by atoms with Crippen LogP contribution in [0.25, 0.3) is 0 Å². The molecule has 1 aromatic rings. The van der Waals surface area contributed by atoms with Gasteiger partial charge in [-0.05, 0) is 53.8 Å². The van der Waals surface area contributed by atoms with Crippen LogP contribution in [0.3, 0.4) is 0 Å². The summed E-state index contributed by atoms with van der Waals surface area (Å²) in [7, 11) is 1.35. The third-order valence-corrected chi connectivity index (χ3v) is 3.27. The first kappa shape index (κ1) is 16.9. The van der Waals surface area contributed by atoms with Crippen LogP contribution in [0.4, 0.5) is 5.69 Å². The highest BCUT2D eigenvalue weighted by Crippen LogP contribution is 2.12. The van der Waals surface area contributed by atoms with Gasteiger partial charge in [0, 0.05) is 9.26 Å². The normalized spacial score (nSPS) is 10.4. The third kappa shape index (κ3) is 6.33. The lowest BCUT2D eigenvalue weighted by molar-refractivity contribution is -0.142. The van der Waals surface area contributed by atoms with Crippen molar-refractivity contribution in [1.29, 1.82) is 0 Å². The van der Waals surface area contributed by atoms with Crippen LogP contribution in [0.2, 0.25) is 0 Å². The molecule has 0 aliphatic rings. The van der Waals surface area contributed by atoms with E-state index < -0.39 is 0 Å². The fraction of sp³-hybridized carbons (Fsp3) is 0.429. The van der Waals surface area contributed by atoms with Crippen LogP contribution in [0, 0.1) is 3.57 Å². The molecule has 0 aliphatic carbocycles. The minimum atomic E-state index is -0.333. The molecule has 5 nitrogen and oxygen atoms in total. The second-order valence-electron chi connectivity index (χ2n) is 4.35. The van der Waals surface area contributed by atoms with E-state index in [1.165, 1.54) is 7.11 Å². The number of methoxy groups -OCH3 is 1. The molecule has 1 rings (SSSR count). The van der Waals surface area contributed by atoms with Crippen molar-refractivity contribution < 1.29 is 14.3 Å². The van der Waals surface area contributed by atoms with Crippen LogP contribution in [0.1, 0.15) is 13.3 Å². The van der Waals surface area contributed by atoms with E-state index in [0.29, 0.717) is 6.54 Å². The fourth-order valence-corrected chi connectivity index (χ4v) is 2.29. The molecule has 20 heavy (non-hydrogen) atoms. The maximum atomic E-state index is 12.0. The Morgan fingerprint density at radius 1 is 1.35 bits per heavy atom. The summed E-state index contributed by atoms with van der Waals surface area (Å²) < 4.78 is 5.69. The summed E-state index contributed by atoms with van der Waals surface area (Å²) in [6.45, 7) is 2.98. The van der Waals surface area contributed by atoms with Crippen LogP contribution in [-0.4, -0.2) is 43.5 Å². The van der Waals surface area contributed by atoms with Gasteiger partial charge in [0.15, 0.2) is 0 Å². The highest BCUT2D eigenvalue weighted by Gasteiger charge is 2.14. The molecule has 110 valence electrons. The van der Waals surface area contributed by atoms with Crippen molar-refractivity contribution in [2.75, 3.05) is 32.1 Å². The number of nitrogens with one attached hydrogen (secondary N) is 1. The van der Waals surface area contributed by atoms with Gasteiger partial charge in [0.1, 0.15) is 0 Å². The van der Waals surface area contributed by atoms with Crippen molar-refractivity contribution >= 4 is 40.2 Å². The highest BCUT2D eigenvalue weighted by atomic mass is 127. The number of hydrogen-bond acceptors (Lipinski definition) is 4. The van der Waals surface area contributed by atoms with E-state index in [1.807, 2.05) is 31.2 Å². The predicted octanol–water partition coefficient (Wildman–Crippen LogP) is 2.11. The zero-order chi connectivity index (χ0) is 15.0. The summed E-state index contributed by atoms with van der Waals surface area (Å²) in [6.07, 6.45) is 0.869. The van der Waals surface area contributed by atoms with Gasteiger partial charge in [0.05, 0.1) is 20.2 Å². The molecule has 1 N–H and O–H groups in total. The summed E-state index contributed by atoms with van der Waals surface area (Å²) >= 11 is 2.19. The Kier molecular flexibility index (Phi) is 7.53. The summed E-state index contributed by atoms with van der Waals surface area (Å²) in [5, 5.41) is 2.83. The summed E-state index contributed by atoms with van der Waals surface area (Å²) in [5.74, 6) is -0.468. The first-order chi connectivity index (χ1) is 9.55. The smallest absolute Gasteiger partial charge is 0.319 e. The SMILES string of the molecule is CCCN(CC(=O)Nc1cccc(I)c1)CC(=O)OC. The Labute approximate surface area is 132 Å². The average Bonchev–Trinajstić information content (AvgIpc) is 2.38. The van der Waals surface area contributed by atoms with Gasteiger partial charge in [-0.3, -0.25) is 14.5 Å². The number of amides is 1. The minimum Gasteiger partial charge on any atom is -0.468 e. The molecule has 0 radical (unpaired) electrons. The van der Waals surface area contributed by atoms with Gasteiger partial charge < -0.3 is 10.1 Å². The molecule has 0 aliphatic heterocycles. The van der Waals surface area contributed by atoms with Crippen LogP contribution in [0.15, 0.2) is 24.3 Å². The van der Waals surface area contributed by atoms with Gasteiger partial charge in [-0.2, -0.15) is 0 Å². The monoisotopic (exact) mass is 390 g/mol. The van der Waals surface area contributed by atoms with Crippen LogP contribution < -0.4 is 5.32 Å². The number of anilines is 1. The molecule has 0 unspecified atom stereocenters. The standard InChI is InChI=1S/C14H19IN2O3/c1-3-7-17(10-14(19)20-2)9-13(18)16-12-6-4-5-11(15)8-12/h4-6,8H,3,7,9-10H2,1-2H3,(H,16,18). The van der Waals surface area contributed by atoms with E-state index >= 15 is 0 Å². The second kappa shape index (κ2) is 8.91. The summed E-state index contributed by atoms with van der Waals surface area (Å²) in [4.78, 5) is 25.0. The number of carbonyl (C=O) groups is 2. The van der Waals surface area contributed by atoms with E-state index in [1.54, 1.807) is 4.90 Å². The van der Waals surface area contributed by atoms with E-state index in [9.17, 15) is 9.59 Å². The maximum Gasteiger partial charge on any atom is 0.319 e. The van der Waals surface area contributed by atoms with Gasteiger partial charge in [0.25, 0.3) is 0 Å². The molecule has 0 heterocycles. The molecule has 1 aromatic carbocycles. The Balaban J connectivity index is 2.55. The molecular weight excluding hydrogens is 371 g/mol. The van der Waals surface area contributed by atoms with Crippen molar-refractivity contribution in [3.8, 4) is 0 Å². The zero-order valence-electron chi connectivity index (χ0n) is 11.7. The molecule has 0 aromatic heterocycles. The number of benzene rings is 1. The van der Waals surface area contributed by atoms with Gasteiger partial charge in [-0.15, -0.1) is 0 Å². The Morgan fingerprint density at radius 3 is 2.70 bits per heavy atom. The highest BCUT2D eigenvalue weighted by molar-refractivity contribution is 14.1. The van der Waals surface area contributed by atoms with Crippen LogP contribution in [0.5, 0.6) is 0 Å². The molecule has 0 saturated heterocycles. The van der Waals surface area contributed by atoms with Gasteiger partial charge in [-0.25, -0.2) is 0 Å². The molecular formula is C14H19IN2O3. The number of nitrogens with zero attached hydrogens (tertiary/aromatic N) is 1. The Hall–Kier alpha value is -1.15. The Bertz CT molecular complexity index is 465. The van der Waals surface area contributed by atoms with Crippen molar-refractivity contribution in [2.24, 2.45) is 0 Å². The lowest BCUT2D eigenvalue weighted by atomic mass is 10.3. The first-order valence-electron chi connectivity index (χ1n) is 6.39. The van der Waals surface area contributed by atoms with Crippen LogP contribution >= 0.6 is 22.6 Å². The predicted molar refractivity (Wildman–Crippen MR) is 86.5 cm³/mol. The van der Waals surface area contributed by atoms with E-state index in [0.717, 1.165) is 15.7 Å². The first-order valence-corrected chi connectivity index (χ1v) is 7.47. The number of hydrogen-bond donors (Lipinski definition) is 1. The van der Waals surface area contributed by atoms with Crippen LogP contribution in [-0.2, 0) is 14.3 Å². The topological polar surface area (TPSA) is 58.6 Å². The van der Waals surface area contributed by atoms with E-state index in [2.05, 4.69) is 32.6 Å². The maximum absolute atomic E-state index is 12.0. The van der Waals surface area contributed by atoms with Crippen molar-refractivity contribution in [2.45, 2.75) is 13.3 Å². The molecule has 1 amide bonds. The van der Waals surface area contributed by atoms with Crippen molar-refractivity contribution in [3.63, 3.8) is 0 Å². The lowest BCUT2D eigenvalue weighted by Crippen LogP contribution is -2.37. The van der Waals surface area contributed by atoms with Crippen molar-refractivity contribution in [3.05, 3.63) is 27.8 Å². The number of esters is 1. The number of ether oxygens (including phenoxy) is 1. The number of carbonyl (C=O) groups excluding carboxylic acids is 2. The number of rotatable bonds is 7. The molecule has 0 spiro atoms. The lowest BCUT2D eigenvalue weighted by Gasteiger charge is -2.19. The van der Waals surface area contributed by atoms with E-state index in [4.69, 9.17) is 0 Å². The summed E-state index contributed by atoms with van der Waals surface area (Å²) in [5.41, 5.74) is 0.761. The molecule has 0 saturated carbocycles. The van der Waals surface area contributed by atoms with Crippen molar-refractivity contribution in [1.82, 2.24) is 4.90 Å². The van der Waals surface area contributed by atoms with Gasteiger partial charge in [0.2, 0.25) is 5.91 Å². The van der Waals surface area contributed by atoms with E-state index in [-0.39, 0.29) is 25.0 Å². The quantitative estimate of drug-likeness (QED) is 0.573. The largest absolute Gasteiger partial charge is 0.468 e. The minimum absolute atomic E-state index is 0.129. The fourth-order valence-electron chi connectivity index (χ4n) is 1.75. The second-order valence-corrected chi connectivity index (χ2v) is 5.59. The third-order valence-electron chi connectivity index (χ3n) is 2.60. The average molecular weight is 390 g/mol. The molecule has 6 heteroatoms. The molecule has 0 fully saturated rings. The number of halogens is 1. The molecule has 0 bridgehead atoms. The summed E-state index contributed by atoms with van der Waals surface area (Å²) in [6, 6.07) is 7.57. The molecule has 0 atom stereocenters. The van der Waals surface area contributed by atoms with Gasteiger partial charge >= 0.3 is 5.97 Å². The zero-order valence-corrected chi connectivity index (χ0v) is 13.8. The van der Waals surface area contributed by atoms with Gasteiger partial charge in [-0.1, -0.05) is 13.0 Å².